The molecule has 1 atom stereocenters. The summed E-state index contributed by atoms with van der Waals surface area (Å²) in [4.78, 5) is 0. The molecule has 2 aliphatic heterocycles. The molecule has 2 aliphatic rings. The summed E-state index contributed by atoms with van der Waals surface area (Å²) in [6.07, 6.45) is 4.63. The summed E-state index contributed by atoms with van der Waals surface area (Å²) in [6, 6.07) is 5.92. The van der Waals surface area contributed by atoms with E-state index >= 15 is 0 Å². The maximum Gasteiger partial charge on any atom is 0.495 e. The Morgan fingerprint density at radius 1 is 1.12 bits per heavy atom. The second-order valence-electron chi connectivity index (χ2n) is 7.54. The monoisotopic (exact) mass is 360 g/mol. The van der Waals surface area contributed by atoms with Gasteiger partial charge >= 0.3 is 7.12 Å². The topological polar surface area (TPSA) is 63.6 Å². The summed E-state index contributed by atoms with van der Waals surface area (Å²) in [5.41, 5.74) is 1.78. The van der Waals surface area contributed by atoms with E-state index in [1.807, 2.05) is 59.7 Å². The molecule has 144 valence electrons. The van der Waals surface area contributed by atoms with Crippen LogP contribution in [0.2, 0.25) is 0 Å². The van der Waals surface area contributed by atoms with Crippen molar-refractivity contribution in [1.29, 1.82) is 5.41 Å². The third kappa shape index (κ3) is 4.30. The number of benzene rings is 1. The second kappa shape index (κ2) is 8.55. The number of nitrogens with one attached hydrogen (secondary N) is 2. The fourth-order valence-corrected chi connectivity index (χ4v) is 3.07. The molecule has 0 bridgehead atoms. The number of anilines is 1. The molecule has 1 unspecified atom stereocenters. The highest BCUT2D eigenvalue weighted by Gasteiger charge is 2.52. The molecule has 0 saturated carbocycles. The highest BCUT2D eigenvalue weighted by molar-refractivity contribution is 6.63. The standard InChI is InChI=1S/C18H27BN2O3.C2H6/c1-17(2)18(3,4)24-19(23-17)14-8-7-9-15(13(14)12-20)21-16-10-5-6-11-22-16;1-2/h7-9,12,16,20-21H,5-6,10-11H2,1-4H3;1-2H3. The van der Waals surface area contributed by atoms with Crippen LogP contribution in [0.25, 0.3) is 0 Å². The van der Waals surface area contributed by atoms with Crippen molar-refractivity contribution in [2.24, 2.45) is 0 Å². The lowest BCUT2D eigenvalue weighted by molar-refractivity contribution is 0.00578. The molecule has 2 fully saturated rings. The minimum atomic E-state index is -0.472. The van der Waals surface area contributed by atoms with Crippen molar-refractivity contribution < 1.29 is 14.0 Å². The van der Waals surface area contributed by atoms with E-state index in [9.17, 15) is 0 Å². The van der Waals surface area contributed by atoms with E-state index in [0.717, 1.165) is 42.6 Å². The van der Waals surface area contributed by atoms with Gasteiger partial charge in [0.15, 0.2) is 0 Å². The van der Waals surface area contributed by atoms with Gasteiger partial charge in [-0.1, -0.05) is 26.0 Å². The van der Waals surface area contributed by atoms with E-state index in [1.54, 1.807) is 0 Å². The van der Waals surface area contributed by atoms with Gasteiger partial charge in [-0.3, -0.25) is 0 Å². The van der Waals surface area contributed by atoms with Gasteiger partial charge in [0, 0.05) is 24.1 Å². The van der Waals surface area contributed by atoms with Crippen LogP contribution in [0.3, 0.4) is 0 Å². The van der Waals surface area contributed by atoms with E-state index in [1.165, 1.54) is 6.21 Å². The van der Waals surface area contributed by atoms with Gasteiger partial charge in [0.1, 0.15) is 6.23 Å². The van der Waals surface area contributed by atoms with Crippen LogP contribution in [0.4, 0.5) is 5.69 Å². The molecule has 0 aliphatic carbocycles. The Morgan fingerprint density at radius 3 is 2.31 bits per heavy atom. The fraction of sp³-hybridized carbons (Fsp3) is 0.650. The molecule has 2 heterocycles. The van der Waals surface area contributed by atoms with Crippen LogP contribution >= 0.6 is 0 Å². The molecular formula is C20H33BN2O3. The van der Waals surface area contributed by atoms with Crippen LogP contribution in [-0.4, -0.2) is 37.4 Å². The lowest BCUT2D eigenvalue weighted by Gasteiger charge is -2.32. The number of rotatable bonds is 4. The number of hydrogen-bond acceptors (Lipinski definition) is 5. The van der Waals surface area contributed by atoms with Gasteiger partial charge in [-0.15, -0.1) is 0 Å². The van der Waals surface area contributed by atoms with Crippen molar-refractivity contribution in [3.8, 4) is 0 Å². The third-order valence-electron chi connectivity index (χ3n) is 5.29. The molecule has 3 rings (SSSR count). The quantitative estimate of drug-likeness (QED) is 0.630. The molecule has 26 heavy (non-hydrogen) atoms. The van der Waals surface area contributed by atoms with Gasteiger partial charge in [0.05, 0.1) is 11.2 Å². The molecule has 5 nitrogen and oxygen atoms in total. The van der Waals surface area contributed by atoms with Crippen LogP contribution in [0.1, 0.15) is 66.4 Å². The van der Waals surface area contributed by atoms with Crippen molar-refractivity contribution in [2.45, 2.75) is 78.2 Å². The molecule has 1 aromatic carbocycles. The van der Waals surface area contributed by atoms with Crippen molar-refractivity contribution in [3.63, 3.8) is 0 Å². The van der Waals surface area contributed by atoms with E-state index in [0.29, 0.717) is 0 Å². The predicted octanol–water partition coefficient (Wildman–Crippen LogP) is 3.95. The zero-order valence-electron chi connectivity index (χ0n) is 17.0. The van der Waals surface area contributed by atoms with Crippen LogP contribution < -0.4 is 10.8 Å². The lowest BCUT2D eigenvalue weighted by Crippen LogP contribution is -2.41. The molecule has 1 aromatic rings. The average molecular weight is 360 g/mol. The highest BCUT2D eigenvalue weighted by atomic mass is 16.7. The molecule has 6 heteroatoms. The third-order valence-corrected chi connectivity index (χ3v) is 5.29. The van der Waals surface area contributed by atoms with Gasteiger partial charge in [0.25, 0.3) is 0 Å². The first-order valence-corrected chi connectivity index (χ1v) is 9.71. The number of hydrogen-bond donors (Lipinski definition) is 2. The van der Waals surface area contributed by atoms with Crippen LogP contribution in [0.5, 0.6) is 0 Å². The van der Waals surface area contributed by atoms with Crippen molar-refractivity contribution >= 4 is 24.5 Å². The van der Waals surface area contributed by atoms with Crippen molar-refractivity contribution in [2.75, 3.05) is 11.9 Å². The van der Waals surface area contributed by atoms with Gasteiger partial charge in [-0.05, 0) is 58.5 Å². The Bertz CT molecular complexity index is 597. The van der Waals surface area contributed by atoms with E-state index in [-0.39, 0.29) is 6.23 Å². The minimum absolute atomic E-state index is 0.00555. The van der Waals surface area contributed by atoms with Crippen molar-refractivity contribution in [1.82, 2.24) is 0 Å². The Kier molecular flexibility index (Phi) is 6.89. The summed E-state index contributed by atoms with van der Waals surface area (Å²) < 4.78 is 18.1. The molecule has 0 aromatic heterocycles. The first-order chi connectivity index (χ1) is 12.3. The summed E-state index contributed by atoms with van der Waals surface area (Å²) >= 11 is 0. The zero-order valence-corrected chi connectivity index (χ0v) is 17.0. The molecule has 0 spiro atoms. The molecule has 0 amide bonds. The Labute approximate surface area is 158 Å². The molecular weight excluding hydrogens is 327 g/mol. The minimum Gasteiger partial charge on any atom is -0.399 e. The second-order valence-corrected chi connectivity index (χ2v) is 7.54. The summed E-state index contributed by atoms with van der Waals surface area (Å²) in [7, 11) is -0.472. The van der Waals surface area contributed by atoms with E-state index in [2.05, 4.69) is 5.32 Å². The lowest BCUT2D eigenvalue weighted by atomic mass is 9.75. The van der Waals surface area contributed by atoms with Gasteiger partial charge < -0.3 is 24.8 Å². The Hall–Kier alpha value is -1.37. The Morgan fingerprint density at radius 2 is 1.77 bits per heavy atom. The summed E-state index contributed by atoms with van der Waals surface area (Å²) in [5, 5.41) is 11.3. The molecule has 2 N–H and O–H groups in total. The maximum atomic E-state index is 7.89. The number of ether oxygens (including phenoxy) is 1. The van der Waals surface area contributed by atoms with E-state index < -0.39 is 18.3 Å². The van der Waals surface area contributed by atoms with E-state index in [4.69, 9.17) is 19.5 Å². The fourth-order valence-electron chi connectivity index (χ4n) is 3.07. The molecule has 2 saturated heterocycles. The first-order valence-electron chi connectivity index (χ1n) is 9.71. The Balaban J connectivity index is 0.00000117. The van der Waals surface area contributed by atoms with Crippen LogP contribution in [0, 0.1) is 5.41 Å². The van der Waals surface area contributed by atoms with Gasteiger partial charge in [-0.25, -0.2) is 0 Å². The maximum absolute atomic E-state index is 7.89. The highest BCUT2D eigenvalue weighted by Crippen LogP contribution is 2.37. The normalized spacial score (nSPS) is 23.8. The van der Waals surface area contributed by atoms with Gasteiger partial charge in [0.2, 0.25) is 0 Å². The zero-order chi connectivity index (χ0) is 19.4. The van der Waals surface area contributed by atoms with Crippen molar-refractivity contribution in [3.05, 3.63) is 23.8 Å². The van der Waals surface area contributed by atoms with Gasteiger partial charge in [-0.2, -0.15) is 0 Å². The smallest absolute Gasteiger partial charge is 0.399 e. The summed E-state index contributed by atoms with van der Waals surface area (Å²) in [6.45, 7) is 12.9. The summed E-state index contributed by atoms with van der Waals surface area (Å²) in [5.74, 6) is 0. The average Bonchev–Trinajstić information content (AvgIpc) is 2.85. The van der Waals surface area contributed by atoms with Crippen LogP contribution in [0.15, 0.2) is 18.2 Å². The predicted molar refractivity (Wildman–Crippen MR) is 109 cm³/mol. The SMILES string of the molecule is CC.CC1(C)OB(c2cccc(NC3CCCCO3)c2C=N)OC1(C)C. The van der Waals surface area contributed by atoms with Crippen LogP contribution in [-0.2, 0) is 14.0 Å². The molecule has 0 radical (unpaired) electrons. The largest absolute Gasteiger partial charge is 0.495 e. The first kappa shape index (κ1) is 20.9.